The van der Waals surface area contributed by atoms with Crippen LogP contribution in [0.2, 0.25) is 0 Å². The van der Waals surface area contributed by atoms with Gasteiger partial charge < -0.3 is 25.3 Å². The van der Waals surface area contributed by atoms with E-state index in [1.54, 1.807) is 12.1 Å². The van der Waals surface area contributed by atoms with Gasteiger partial charge in [0, 0.05) is 12.1 Å². The standard InChI is InChI=1S/C18H18N2O4/c19-13-7-16-17(24-10-23-16)8-14(13)20-18(21)9-15-12-4-2-1-3-11(12)5-6-22-15/h1-4,7-8,15H,5-6,9-10,19H2,(H,20,21). The molecule has 0 bridgehead atoms. The third-order valence-electron chi connectivity index (χ3n) is 4.28. The predicted molar refractivity (Wildman–Crippen MR) is 89.1 cm³/mol. The Kier molecular flexibility index (Phi) is 3.74. The number of hydrogen-bond donors (Lipinski definition) is 2. The predicted octanol–water partition coefficient (Wildman–Crippen LogP) is 2.64. The van der Waals surface area contributed by atoms with E-state index in [1.165, 1.54) is 5.56 Å². The first-order valence-electron chi connectivity index (χ1n) is 7.89. The number of nitrogen functional groups attached to an aromatic ring is 1. The van der Waals surface area contributed by atoms with Gasteiger partial charge in [0.15, 0.2) is 11.5 Å². The summed E-state index contributed by atoms with van der Waals surface area (Å²) >= 11 is 0. The molecule has 0 aliphatic carbocycles. The highest BCUT2D eigenvalue weighted by atomic mass is 16.7. The molecule has 6 heteroatoms. The second-order valence-electron chi connectivity index (χ2n) is 5.85. The number of amides is 1. The van der Waals surface area contributed by atoms with Crippen LogP contribution in [0.5, 0.6) is 11.5 Å². The zero-order valence-corrected chi connectivity index (χ0v) is 13.1. The molecule has 2 aromatic rings. The normalized spacial score (nSPS) is 18.1. The average molecular weight is 326 g/mol. The quantitative estimate of drug-likeness (QED) is 0.847. The van der Waals surface area contributed by atoms with E-state index in [0.717, 1.165) is 12.0 Å². The fraction of sp³-hybridized carbons (Fsp3) is 0.278. The maximum Gasteiger partial charge on any atom is 0.231 e. The number of hydrogen-bond acceptors (Lipinski definition) is 5. The molecular weight excluding hydrogens is 308 g/mol. The van der Waals surface area contributed by atoms with Crippen LogP contribution >= 0.6 is 0 Å². The van der Waals surface area contributed by atoms with Crippen molar-refractivity contribution in [1.82, 2.24) is 0 Å². The smallest absolute Gasteiger partial charge is 0.231 e. The molecule has 0 radical (unpaired) electrons. The Bertz CT molecular complexity index is 791. The molecule has 1 amide bonds. The zero-order valence-electron chi connectivity index (χ0n) is 13.1. The largest absolute Gasteiger partial charge is 0.454 e. The molecule has 0 saturated carbocycles. The van der Waals surface area contributed by atoms with Gasteiger partial charge in [-0.2, -0.15) is 0 Å². The molecule has 0 saturated heterocycles. The van der Waals surface area contributed by atoms with Crippen molar-refractivity contribution in [2.24, 2.45) is 0 Å². The summed E-state index contributed by atoms with van der Waals surface area (Å²) < 4.78 is 16.4. The van der Waals surface area contributed by atoms with E-state index in [-0.39, 0.29) is 25.2 Å². The molecule has 24 heavy (non-hydrogen) atoms. The number of rotatable bonds is 3. The lowest BCUT2D eigenvalue weighted by Crippen LogP contribution is -2.22. The van der Waals surface area contributed by atoms with Gasteiger partial charge in [0.2, 0.25) is 12.7 Å². The first kappa shape index (κ1) is 14.8. The number of carbonyl (C=O) groups is 1. The molecule has 1 atom stereocenters. The second-order valence-corrected chi connectivity index (χ2v) is 5.85. The third-order valence-corrected chi connectivity index (χ3v) is 4.28. The van der Waals surface area contributed by atoms with Gasteiger partial charge in [0.1, 0.15) is 0 Å². The van der Waals surface area contributed by atoms with Crippen LogP contribution in [0.1, 0.15) is 23.7 Å². The van der Waals surface area contributed by atoms with Crippen LogP contribution in [-0.4, -0.2) is 19.3 Å². The summed E-state index contributed by atoms with van der Waals surface area (Å²) in [5.41, 5.74) is 9.25. The van der Waals surface area contributed by atoms with E-state index in [4.69, 9.17) is 19.9 Å². The molecule has 3 N–H and O–H groups in total. The molecule has 2 aromatic carbocycles. The van der Waals surface area contributed by atoms with Crippen molar-refractivity contribution >= 4 is 17.3 Å². The minimum Gasteiger partial charge on any atom is -0.454 e. The number of carbonyl (C=O) groups excluding carboxylic acids is 1. The average Bonchev–Trinajstić information content (AvgIpc) is 3.02. The summed E-state index contributed by atoms with van der Waals surface area (Å²) in [6.45, 7) is 0.792. The highest BCUT2D eigenvalue weighted by Gasteiger charge is 2.24. The van der Waals surface area contributed by atoms with E-state index >= 15 is 0 Å². The van der Waals surface area contributed by atoms with E-state index in [9.17, 15) is 4.79 Å². The van der Waals surface area contributed by atoms with Crippen molar-refractivity contribution in [3.63, 3.8) is 0 Å². The fourth-order valence-corrected chi connectivity index (χ4v) is 3.08. The van der Waals surface area contributed by atoms with Gasteiger partial charge >= 0.3 is 0 Å². The molecule has 0 fully saturated rings. The molecule has 124 valence electrons. The van der Waals surface area contributed by atoms with Crippen LogP contribution in [0, 0.1) is 0 Å². The summed E-state index contributed by atoms with van der Waals surface area (Å²) in [5.74, 6) is 1.02. The summed E-state index contributed by atoms with van der Waals surface area (Å²) in [4.78, 5) is 12.4. The molecule has 2 aliphatic rings. The first-order valence-corrected chi connectivity index (χ1v) is 7.89. The van der Waals surface area contributed by atoms with E-state index in [2.05, 4.69) is 11.4 Å². The highest BCUT2D eigenvalue weighted by Crippen LogP contribution is 2.38. The van der Waals surface area contributed by atoms with Crippen LogP contribution in [0.4, 0.5) is 11.4 Å². The lowest BCUT2D eigenvalue weighted by molar-refractivity contribution is -0.119. The molecule has 6 nitrogen and oxygen atoms in total. The Morgan fingerprint density at radius 2 is 2.00 bits per heavy atom. The number of ether oxygens (including phenoxy) is 3. The topological polar surface area (TPSA) is 82.8 Å². The summed E-state index contributed by atoms with van der Waals surface area (Å²) in [6.07, 6.45) is 0.888. The lowest BCUT2D eigenvalue weighted by Gasteiger charge is -2.25. The molecule has 2 heterocycles. The SMILES string of the molecule is Nc1cc2c(cc1NC(=O)CC1OCCc3ccccc31)OCO2. The van der Waals surface area contributed by atoms with Crippen molar-refractivity contribution in [3.8, 4) is 11.5 Å². The fourth-order valence-electron chi connectivity index (χ4n) is 3.08. The zero-order chi connectivity index (χ0) is 16.5. The van der Waals surface area contributed by atoms with Gasteiger partial charge in [-0.3, -0.25) is 4.79 Å². The van der Waals surface area contributed by atoms with Gasteiger partial charge in [0.25, 0.3) is 0 Å². The molecule has 0 aromatic heterocycles. The van der Waals surface area contributed by atoms with Crippen LogP contribution in [0.25, 0.3) is 0 Å². The minimum atomic E-state index is -0.231. The number of benzene rings is 2. The molecule has 1 unspecified atom stereocenters. The first-order chi connectivity index (χ1) is 11.7. The summed E-state index contributed by atoms with van der Waals surface area (Å²) in [7, 11) is 0. The monoisotopic (exact) mass is 326 g/mol. The number of anilines is 2. The van der Waals surface area contributed by atoms with Crippen molar-refractivity contribution in [2.75, 3.05) is 24.5 Å². The number of nitrogens with one attached hydrogen (secondary N) is 1. The van der Waals surface area contributed by atoms with Crippen molar-refractivity contribution < 1.29 is 19.0 Å². The summed E-state index contributed by atoms with van der Waals surface area (Å²) in [5, 5.41) is 2.84. The number of nitrogens with two attached hydrogens (primary N) is 1. The Balaban J connectivity index is 1.48. The molecule has 4 rings (SSSR count). The Morgan fingerprint density at radius 1 is 1.21 bits per heavy atom. The molecule has 0 spiro atoms. The van der Waals surface area contributed by atoms with Crippen LogP contribution in [-0.2, 0) is 16.0 Å². The molecular formula is C18H18N2O4. The van der Waals surface area contributed by atoms with Crippen LogP contribution in [0.15, 0.2) is 36.4 Å². The second kappa shape index (κ2) is 6.05. The van der Waals surface area contributed by atoms with Gasteiger partial charge in [0.05, 0.1) is 30.5 Å². The van der Waals surface area contributed by atoms with Crippen LogP contribution in [0.3, 0.4) is 0 Å². The van der Waals surface area contributed by atoms with Gasteiger partial charge in [-0.15, -0.1) is 0 Å². The summed E-state index contributed by atoms with van der Waals surface area (Å²) in [6, 6.07) is 11.4. The number of fused-ring (bicyclic) bond motifs is 2. The van der Waals surface area contributed by atoms with E-state index in [1.807, 2.05) is 18.2 Å². The Labute approximate surface area is 139 Å². The van der Waals surface area contributed by atoms with Crippen molar-refractivity contribution in [1.29, 1.82) is 0 Å². The maximum absolute atomic E-state index is 12.4. The Morgan fingerprint density at radius 3 is 2.88 bits per heavy atom. The minimum absolute atomic E-state index is 0.151. The van der Waals surface area contributed by atoms with Crippen molar-refractivity contribution in [3.05, 3.63) is 47.5 Å². The van der Waals surface area contributed by atoms with Gasteiger partial charge in [-0.05, 0) is 17.5 Å². The van der Waals surface area contributed by atoms with E-state index in [0.29, 0.717) is 29.5 Å². The lowest BCUT2D eigenvalue weighted by atomic mass is 9.95. The molecule has 2 aliphatic heterocycles. The van der Waals surface area contributed by atoms with Gasteiger partial charge in [-0.1, -0.05) is 24.3 Å². The van der Waals surface area contributed by atoms with E-state index < -0.39 is 0 Å². The Hall–Kier alpha value is -2.73. The van der Waals surface area contributed by atoms with Gasteiger partial charge in [-0.25, -0.2) is 0 Å². The maximum atomic E-state index is 12.4. The highest BCUT2D eigenvalue weighted by molar-refractivity contribution is 5.95. The van der Waals surface area contributed by atoms with Crippen LogP contribution < -0.4 is 20.5 Å². The van der Waals surface area contributed by atoms with Crippen molar-refractivity contribution in [2.45, 2.75) is 18.9 Å². The third kappa shape index (κ3) is 2.76.